The Morgan fingerprint density at radius 2 is 1.78 bits per heavy atom. The zero-order valence-corrected chi connectivity index (χ0v) is 19.8. The van der Waals surface area contributed by atoms with Gasteiger partial charge in [0.05, 0.1) is 19.8 Å². The molecular formula is C24H38N6O2. The zero-order valence-electron chi connectivity index (χ0n) is 19.8. The van der Waals surface area contributed by atoms with Crippen LogP contribution in [0.15, 0.2) is 29.3 Å². The Bertz CT molecular complexity index is 826. The molecule has 8 heteroatoms. The highest BCUT2D eigenvalue weighted by molar-refractivity contribution is 5.79. The molecule has 2 N–H and O–H groups in total. The van der Waals surface area contributed by atoms with E-state index in [4.69, 9.17) is 14.5 Å². The first-order chi connectivity index (χ1) is 15.7. The Morgan fingerprint density at radius 3 is 2.44 bits per heavy atom. The summed E-state index contributed by atoms with van der Waals surface area (Å²) in [6.07, 6.45) is 8.93. The smallest absolute Gasteiger partial charge is 0.191 e. The molecule has 0 radical (unpaired) electrons. The van der Waals surface area contributed by atoms with Crippen molar-refractivity contribution < 1.29 is 9.47 Å². The van der Waals surface area contributed by atoms with Crippen LogP contribution in [0.1, 0.15) is 55.7 Å². The number of ether oxygens (including phenoxy) is 2. The number of hydrogen-bond donors (Lipinski definition) is 2. The van der Waals surface area contributed by atoms with Crippen LogP contribution >= 0.6 is 0 Å². The number of aliphatic imine (C=N–C) groups is 1. The van der Waals surface area contributed by atoms with Crippen LogP contribution in [-0.2, 0) is 24.8 Å². The average molecular weight is 443 g/mol. The van der Waals surface area contributed by atoms with E-state index in [0.717, 1.165) is 42.9 Å². The van der Waals surface area contributed by atoms with Gasteiger partial charge in [0.2, 0.25) is 0 Å². The highest BCUT2D eigenvalue weighted by Crippen LogP contribution is 2.19. The molecule has 0 aliphatic heterocycles. The van der Waals surface area contributed by atoms with Crippen molar-refractivity contribution in [2.45, 2.75) is 64.5 Å². The molecule has 0 unspecified atom stereocenters. The molecule has 32 heavy (non-hydrogen) atoms. The van der Waals surface area contributed by atoms with E-state index >= 15 is 0 Å². The van der Waals surface area contributed by atoms with Crippen molar-refractivity contribution in [2.24, 2.45) is 12.0 Å². The summed E-state index contributed by atoms with van der Waals surface area (Å²) in [5, 5.41) is 15.2. The molecule has 1 aromatic heterocycles. The van der Waals surface area contributed by atoms with Gasteiger partial charge in [0.15, 0.2) is 11.8 Å². The fraction of sp³-hybridized carbons (Fsp3) is 0.625. The van der Waals surface area contributed by atoms with Gasteiger partial charge in [-0.2, -0.15) is 0 Å². The van der Waals surface area contributed by atoms with Crippen molar-refractivity contribution >= 4 is 5.96 Å². The topological polar surface area (TPSA) is 85.6 Å². The lowest BCUT2D eigenvalue weighted by atomic mass is 10.1. The monoisotopic (exact) mass is 442 g/mol. The first-order valence-electron chi connectivity index (χ1n) is 11.8. The van der Waals surface area contributed by atoms with E-state index in [0.29, 0.717) is 19.3 Å². The number of hydrogen-bond acceptors (Lipinski definition) is 5. The molecule has 2 aromatic rings. The van der Waals surface area contributed by atoms with Crippen molar-refractivity contribution in [1.29, 1.82) is 0 Å². The van der Waals surface area contributed by atoms with Gasteiger partial charge >= 0.3 is 0 Å². The average Bonchev–Trinajstić information content (AvgIpc) is 2.99. The lowest BCUT2D eigenvalue weighted by Gasteiger charge is -2.17. The minimum atomic E-state index is 0.407. The summed E-state index contributed by atoms with van der Waals surface area (Å²) in [6.45, 7) is 4.60. The van der Waals surface area contributed by atoms with Gasteiger partial charge in [0, 0.05) is 20.1 Å². The van der Waals surface area contributed by atoms with E-state index in [9.17, 15) is 0 Å². The predicted octanol–water partition coefficient (Wildman–Crippen LogP) is 3.15. The molecule has 0 saturated heterocycles. The van der Waals surface area contributed by atoms with Crippen LogP contribution in [0, 0.1) is 6.92 Å². The van der Waals surface area contributed by atoms with E-state index < -0.39 is 0 Å². The van der Waals surface area contributed by atoms with Gasteiger partial charge in [0.25, 0.3) is 0 Å². The van der Waals surface area contributed by atoms with Gasteiger partial charge in [-0.15, -0.1) is 10.2 Å². The number of guanidine groups is 1. The van der Waals surface area contributed by atoms with Crippen LogP contribution in [0.3, 0.4) is 0 Å². The highest BCUT2D eigenvalue weighted by atomic mass is 16.5. The van der Waals surface area contributed by atoms with E-state index in [1.807, 2.05) is 30.7 Å². The zero-order chi connectivity index (χ0) is 22.6. The molecule has 1 aliphatic carbocycles. The maximum atomic E-state index is 6.11. The standard InChI is InChI=1S/C24H38N6O2/c1-19-28-29-23(30(19)2)18-27-24(25-15-14-20-10-12-21(31-3)13-11-20)26-16-17-32-22-8-6-4-5-7-9-22/h10-13,22H,4-9,14-18H2,1-3H3,(H2,25,26,27). The van der Waals surface area contributed by atoms with Gasteiger partial charge in [-0.1, -0.05) is 37.8 Å². The largest absolute Gasteiger partial charge is 0.497 e. The van der Waals surface area contributed by atoms with Crippen LogP contribution in [0.5, 0.6) is 5.75 Å². The molecule has 3 rings (SSSR count). The lowest BCUT2D eigenvalue weighted by molar-refractivity contribution is 0.0468. The normalized spacial score (nSPS) is 15.4. The molecule has 176 valence electrons. The summed E-state index contributed by atoms with van der Waals surface area (Å²) in [5.41, 5.74) is 1.25. The Morgan fingerprint density at radius 1 is 1.06 bits per heavy atom. The first kappa shape index (κ1) is 24.0. The molecule has 1 saturated carbocycles. The maximum Gasteiger partial charge on any atom is 0.191 e. The molecule has 1 aromatic carbocycles. The third-order valence-electron chi connectivity index (χ3n) is 5.98. The van der Waals surface area contributed by atoms with E-state index in [2.05, 4.69) is 33.0 Å². The van der Waals surface area contributed by atoms with Crippen molar-refractivity contribution in [3.8, 4) is 5.75 Å². The third kappa shape index (κ3) is 7.82. The molecular weight excluding hydrogens is 404 g/mol. The minimum Gasteiger partial charge on any atom is -0.497 e. The van der Waals surface area contributed by atoms with Gasteiger partial charge in [-0.3, -0.25) is 0 Å². The second-order valence-corrected chi connectivity index (χ2v) is 8.32. The number of benzene rings is 1. The van der Waals surface area contributed by atoms with Crippen LogP contribution in [0.4, 0.5) is 0 Å². The van der Waals surface area contributed by atoms with Crippen molar-refractivity contribution in [3.63, 3.8) is 0 Å². The van der Waals surface area contributed by atoms with Crippen LogP contribution in [0.25, 0.3) is 0 Å². The summed E-state index contributed by atoms with van der Waals surface area (Å²) in [4.78, 5) is 4.72. The molecule has 8 nitrogen and oxygen atoms in total. The predicted molar refractivity (Wildman–Crippen MR) is 127 cm³/mol. The number of nitrogens with zero attached hydrogens (tertiary/aromatic N) is 4. The lowest BCUT2D eigenvalue weighted by Crippen LogP contribution is -2.40. The summed E-state index contributed by atoms with van der Waals surface area (Å²) in [7, 11) is 3.65. The molecule has 0 amide bonds. The van der Waals surface area contributed by atoms with Crippen molar-refractivity contribution in [1.82, 2.24) is 25.4 Å². The maximum absolute atomic E-state index is 6.11. The van der Waals surface area contributed by atoms with E-state index in [1.165, 1.54) is 44.1 Å². The Labute approximate surface area is 191 Å². The Kier molecular flexibility index (Phi) is 9.81. The minimum absolute atomic E-state index is 0.407. The molecule has 1 heterocycles. The number of nitrogens with one attached hydrogen (secondary N) is 2. The third-order valence-corrected chi connectivity index (χ3v) is 5.98. The Hall–Kier alpha value is -2.61. The second-order valence-electron chi connectivity index (χ2n) is 8.32. The molecule has 0 bridgehead atoms. The van der Waals surface area contributed by atoms with E-state index in [1.54, 1.807) is 7.11 Å². The fourth-order valence-electron chi connectivity index (χ4n) is 3.83. The van der Waals surface area contributed by atoms with E-state index in [-0.39, 0.29) is 0 Å². The molecule has 1 aliphatic rings. The number of aryl methyl sites for hydroxylation is 1. The van der Waals surface area contributed by atoms with Gasteiger partial charge in [-0.05, 0) is 43.9 Å². The fourth-order valence-corrected chi connectivity index (χ4v) is 3.83. The number of rotatable bonds is 10. The van der Waals surface area contributed by atoms with Gasteiger partial charge in [0.1, 0.15) is 18.1 Å². The van der Waals surface area contributed by atoms with Crippen LogP contribution in [-0.4, -0.2) is 53.6 Å². The van der Waals surface area contributed by atoms with Crippen LogP contribution < -0.4 is 15.4 Å². The number of aromatic nitrogens is 3. The quantitative estimate of drug-likeness (QED) is 0.254. The van der Waals surface area contributed by atoms with Gasteiger partial charge < -0.3 is 24.7 Å². The number of methoxy groups -OCH3 is 1. The first-order valence-corrected chi connectivity index (χ1v) is 11.8. The molecule has 0 spiro atoms. The summed E-state index contributed by atoms with van der Waals surface area (Å²) < 4.78 is 13.3. The summed E-state index contributed by atoms with van der Waals surface area (Å²) in [5.74, 6) is 3.37. The SMILES string of the molecule is COc1ccc(CCNC(=NCc2nnc(C)n2C)NCCOC2CCCCCC2)cc1. The van der Waals surface area contributed by atoms with Gasteiger partial charge in [-0.25, -0.2) is 4.99 Å². The van der Waals surface area contributed by atoms with Crippen molar-refractivity contribution in [3.05, 3.63) is 41.5 Å². The molecule has 0 atom stereocenters. The Balaban J connectivity index is 1.49. The molecule has 1 fully saturated rings. The highest BCUT2D eigenvalue weighted by Gasteiger charge is 2.12. The van der Waals surface area contributed by atoms with Crippen molar-refractivity contribution in [2.75, 3.05) is 26.8 Å². The second kappa shape index (κ2) is 13.1. The summed E-state index contributed by atoms with van der Waals surface area (Å²) in [6, 6.07) is 8.16. The summed E-state index contributed by atoms with van der Waals surface area (Å²) >= 11 is 0. The van der Waals surface area contributed by atoms with Crippen LogP contribution in [0.2, 0.25) is 0 Å².